The Hall–Kier alpha value is -2.75. The molecule has 2 N–H and O–H groups in total. The van der Waals surface area contributed by atoms with E-state index in [0.29, 0.717) is 13.1 Å². The van der Waals surface area contributed by atoms with Crippen LogP contribution in [0.15, 0.2) is 54.7 Å². The van der Waals surface area contributed by atoms with Crippen molar-refractivity contribution in [3.05, 3.63) is 71.4 Å². The largest absolute Gasteiger partial charge is 0.361 e. The fourth-order valence-electron chi connectivity index (χ4n) is 3.42. The number of fused-ring (bicyclic) bond motifs is 2. The van der Waals surface area contributed by atoms with Crippen molar-refractivity contribution >= 4 is 16.9 Å². The molecule has 2 aromatic carbocycles. The van der Waals surface area contributed by atoms with Gasteiger partial charge in [0.2, 0.25) is 0 Å². The minimum absolute atomic E-state index is 0.0318. The van der Waals surface area contributed by atoms with Crippen LogP contribution in [-0.4, -0.2) is 29.0 Å². The summed E-state index contributed by atoms with van der Waals surface area (Å²) >= 11 is 0. The van der Waals surface area contributed by atoms with Crippen molar-refractivity contribution < 1.29 is 4.79 Å². The average molecular weight is 319 g/mol. The highest BCUT2D eigenvalue weighted by molar-refractivity contribution is 5.83. The third-order valence-corrected chi connectivity index (χ3v) is 4.76. The fourth-order valence-corrected chi connectivity index (χ4v) is 3.42. The van der Waals surface area contributed by atoms with Crippen LogP contribution in [0.25, 0.3) is 10.9 Å². The van der Waals surface area contributed by atoms with E-state index in [1.54, 1.807) is 0 Å². The number of aromatic amines is 1. The summed E-state index contributed by atoms with van der Waals surface area (Å²) in [7, 11) is 0. The molecule has 122 valence electrons. The summed E-state index contributed by atoms with van der Waals surface area (Å²) in [6, 6.07) is 16.7. The van der Waals surface area contributed by atoms with Crippen LogP contribution in [0, 0.1) is 0 Å². The van der Waals surface area contributed by atoms with Crippen molar-refractivity contribution in [2.75, 3.05) is 13.1 Å². The van der Waals surface area contributed by atoms with Gasteiger partial charge in [0.05, 0.1) is 0 Å². The lowest BCUT2D eigenvalue weighted by Crippen LogP contribution is -2.43. The van der Waals surface area contributed by atoms with Crippen molar-refractivity contribution in [1.82, 2.24) is 15.2 Å². The van der Waals surface area contributed by atoms with Crippen LogP contribution >= 0.6 is 0 Å². The van der Waals surface area contributed by atoms with Crippen molar-refractivity contribution in [1.29, 1.82) is 0 Å². The van der Waals surface area contributed by atoms with Gasteiger partial charge >= 0.3 is 6.03 Å². The van der Waals surface area contributed by atoms with E-state index in [-0.39, 0.29) is 6.03 Å². The van der Waals surface area contributed by atoms with Crippen molar-refractivity contribution in [2.45, 2.75) is 19.4 Å². The molecule has 0 fully saturated rings. The molecule has 1 aromatic heterocycles. The number of nitrogens with one attached hydrogen (secondary N) is 2. The van der Waals surface area contributed by atoms with Crippen LogP contribution in [0.2, 0.25) is 0 Å². The SMILES string of the molecule is O=C(NCCc1c[nH]c2ccccc12)N1CCc2ccccc2C1. The van der Waals surface area contributed by atoms with Gasteiger partial charge in [0, 0.05) is 36.7 Å². The first-order valence-electron chi connectivity index (χ1n) is 8.46. The number of hydrogen-bond donors (Lipinski definition) is 2. The van der Waals surface area contributed by atoms with Crippen molar-refractivity contribution in [3.8, 4) is 0 Å². The van der Waals surface area contributed by atoms with E-state index in [2.05, 4.69) is 40.6 Å². The summed E-state index contributed by atoms with van der Waals surface area (Å²) in [6.45, 7) is 2.14. The molecule has 1 aliphatic rings. The fraction of sp³-hybridized carbons (Fsp3) is 0.250. The van der Waals surface area contributed by atoms with Gasteiger partial charge in [0.25, 0.3) is 0 Å². The molecular weight excluding hydrogens is 298 g/mol. The molecule has 24 heavy (non-hydrogen) atoms. The van der Waals surface area contributed by atoms with Gasteiger partial charge in [-0.05, 0) is 35.6 Å². The molecule has 0 aliphatic carbocycles. The lowest BCUT2D eigenvalue weighted by atomic mass is 10.0. The predicted molar refractivity (Wildman–Crippen MR) is 96.0 cm³/mol. The molecule has 0 atom stereocenters. The van der Waals surface area contributed by atoms with Gasteiger partial charge in [0.1, 0.15) is 0 Å². The van der Waals surface area contributed by atoms with E-state index >= 15 is 0 Å². The Morgan fingerprint density at radius 1 is 1.08 bits per heavy atom. The maximum absolute atomic E-state index is 12.4. The number of carbonyl (C=O) groups excluding carboxylic acids is 1. The highest BCUT2D eigenvalue weighted by Gasteiger charge is 2.19. The molecule has 2 heterocycles. The molecule has 0 saturated heterocycles. The van der Waals surface area contributed by atoms with Gasteiger partial charge in [-0.1, -0.05) is 42.5 Å². The second-order valence-electron chi connectivity index (χ2n) is 6.28. The number of H-pyrrole nitrogens is 1. The summed E-state index contributed by atoms with van der Waals surface area (Å²) in [5.41, 5.74) is 5.01. The van der Waals surface area contributed by atoms with E-state index in [9.17, 15) is 4.79 Å². The second-order valence-corrected chi connectivity index (χ2v) is 6.28. The van der Waals surface area contributed by atoms with Crippen molar-refractivity contribution in [2.24, 2.45) is 0 Å². The first kappa shape index (κ1) is 14.8. The predicted octanol–water partition coefficient (Wildman–Crippen LogP) is 3.48. The molecule has 0 bridgehead atoms. The second kappa shape index (κ2) is 6.40. The minimum Gasteiger partial charge on any atom is -0.361 e. The molecule has 4 rings (SSSR count). The van der Waals surface area contributed by atoms with Crippen LogP contribution in [0.5, 0.6) is 0 Å². The number of rotatable bonds is 3. The first-order valence-corrected chi connectivity index (χ1v) is 8.46. The molecular formula is C20H21N3O. The Labute approximate surface area is 141 Å². The van der Waals surface area contributed by atoms with Gasteiger partial charge < -0.3 is 15.2 Å². The highest BCUT2D eigenvalue weighted by atomic mass is 16.2. The summed E-state index contributed by atoms with van der Waals surface area (Å²) in [5.74, 6) is 0. The van der Waals surface area contributed by atoms with Crippen LogP contribution in [0.3, 0.4) is 0 Å². The Kier molecular flexibility index (Phi) is 3.95. The topological polar surface area (TPSA) is 48.1 Å². The first-order chi connectivity index (χ1) is 11.8. The van der Waals surface area contributed by atoms with E-state index in [1.165, 1.54) is 22.1 Å². The average Bonchev–Trinajstić information content (AvgIpc) is 3.04. The monoisotopic (exact) mass is 319 g/mol. The van der Waals surface area contributed by atoms with Crippen LogP contribution in [-0.2, 0) is 19.4 Å². The molecule has 4 nitrogen and oxygen atoms in total. The zero-order valence-electron chi connectivity index (χ0n) is 13.6. The Balaban J connectivity index is 1.34. The van der Waals surface area contributed by atoms with Crippen molar-refractivity contribution in [3.63, 3.8) is 0 Å². The number of carbonyl (C=O) groups is 1. The molecule has 0 spiro atoms. The third-order valence-electron chi connectivity index (χ3n) is 4.76. The van der Waals surface area contributed by atoms with Gasteiger partial charge in [0.15, 0.2) is 0 Å². The Morgan fingerprint density at radius 3 is 2.79 bits per heavy atom. The molecule has 4 heteroatoms. The Morgan fingerprint density at radius 2 is 1.88 bits per heavy atom. The van der Waals surface area contributed by atoms with Gasteiger partial charge in [-0.3, -0.25) is 0 Å². The van der Waals surface area contributed by atoms with Gasteiger partial charge in [-0.2, -0.15) is 0 Å². The zero-order chi connectivity index (χ0) is 16.4. The lowest BCUT2D eigenvalue weighted by molar-refractivity contribution is 0.192. The molecule has 0 unspecified atom stereocenters. The summed E-state index contributed by atoms with van der Waals surface area (Å²) in [4.78, 5) is 17.6. The summed E-state index contributed by atoms with van der Waals surface area (Å²) in [5, 5.41) is 4.29. The van der Waals surface area contributed by atoms with Gasteiger partial charge in [-0.25, -0.2) is 4.79 Å². The quantitative estimate of drug-likeness (QED) is 0.763. The smallest absolute Gasteiger partial charge is 0.317 e. The lowest BCUT2D eigenvalue weighted by Gasteiger charge is -2.29. The third kappa shape index (κ3) is 2.87. The number of nitrogens with zero attached hydrogens (tertiary/aromatic N) is 1. The molecule has 1 aliphatic heterocycles. The van der Waals surface area contributed by atoms with E-state index < -0.39 is 0 Å². The van der Waals surface area contributed by atoms with E-state index in [0.717, 1.165) is 24.9 Å². The number of hydrogen-bond acceptors (Lipinski definition) is 1. The van der Waals surface area contributed by atoms with E-state index in [1.807, 2.05) is 29.3 Å². The Bertz CT molecular complexity index is 868. The number of aromatic nitrogens is 1. The maximum Gasteiger partial charge on any atom is 0.317 e. The van der Waals surface area contributed by atoms with Crippen LogP contribution < -0.4 is 5.32 Å². The standard InChI is InChI=1S/C20H21N3O/c24-20(23-12-10-15-5-1-2-6-17(15)14-23)21-11-9-16-13-22-19-8-4-3-7-18(16)19/h1-8,13,22H,9-12,14H2,(H,21,24). The van der Waals surface area contributed by atoms with Crippen LogP contribution in [0.4, 0.5) is 4.79 Å². The molecule has 0 saturated carbocycles. The molecule has 0 radical (unpaired) electrons. The van der Waals surface area contributed by atoms with Gasteiger partial charge in [-0.15, -0.1) is 0 Å². The van der Waals surface area contributed by atoms with E-state index in [4.69, 9.17) is 0 Å². The number of para-hydroxylation sites is 1. The normalized spacial score (nSPS) is 13.8. The summed E-state index contributed by atoms with van der Waals surface area (Å²) < 4.78 is 0. The van der Waals surface area contributed by atoms with Crippen LogP contribution in [0.1, 0.15) is 16.7 Å². The number of benzene rings is 2. The zero-order valence-corrected chi connectivity index (χ0v) is 13.6. The molecule has 3 aromatic rings. The number of amides is 2. The molecule has 2 amide bonds. The minimum atomic E-state index is 0.0318. The highest BCUT2D eigenvalue weighted by Crippen LogP contribution is 2.19. The number of urea groups is 1. The summed E-state index contributed by atoms with van der Waals surface area (Å²) in [6.07, 6.45) is 3.81. The maximum atomic E-state index is 12.4.